The minimum Gasteiger partial charge on any atom is -0.453 e. The number of hydrogen-bond donors (Lipinski definition) is 0. The lowest BCUT2D eigenvalue weighted by Gasteiger charge is -2.29. The second-order valence-electron chi connectivity index (χ2n) is 14.1. The largest absolute Gasteiger partial charge is 0.453 e. The molecule has 0 aliphatic heterocycles. The maximum absolute atomic E-state index is 7.16. The van der Waals surface area contributed by atoms with Crippen molar-refractivity contribution in [3.63, 3.8) is 0 Å². The zero-order valence-electron chi connectivity index (χ0n) is 33.0. The van der Waals surface area contributed by atoms with Gasteiger partial charge in [0.1, 0.15) is 34.7 Å². The molecule has 8 aromatic carbocycles. The average molecular weight is 836 g/mol. The molecule has 60 heavy (non-hydrogen) atoms. The number of aromatic nitrogens is 4. The lowest BCUT2D eigenvalue weighted by molar-refractivity contribution is 0.415. The highest BCUT2D eigenvalue weighted by Gasteiger charge is 2.49. The van der Waals surface area contributed by atoms with Crippen LogP contribution >= 0.6 is 23.1 Å². The highest BCUT2D eigenvalue weighted by atomic mass is 31.2. The Balaban J connectivity index is 1.16. The van der Waals surface area contributed by atoms with Gasteiger partial charge in [0.25, 0.3) is 0 Å². The summed E-state index contributed by atoms with van der Waals surface area (Å²) in [5.41, 5.74) is 0. The van der Waals surface area contributed by atoms with Crippen LogP contribution in [0.5, 0.6) is 23.3 Å². The van der Waals surface area contributed by atoms with Crippen molar-refractivity contribution in [3.8, 4) is 23.3 Å². The Hall–Kier alpha value is -6.28. The first-order valence-corrected chi connectivity index (χ1v) is 24.9. The first kappa shape index (κ1) is 39.2. The highest BCUT2D eigenvalue weighted by Crippen LogP contribution is 2.59. The Morgan fingerprint density at radius 3 is 1.45 bits per heavy atom. The lowest BCUT2D eigenvalue weighted by Crippen LogP contribution is -2.35. The molecule has 6 nitrogen and oxygen atoms in total. The van der Waals surface area contributed by atoms with Gasteiger partial charge < -0.3 is 9.47 Å². The van der Waals surface area contributed by atoms with Crippen LogP contribution in [0.15, 0.2) is 224 Å². The minimum absolute atomic E-state index is 0.318. The van der Waals surface area contributed by atoms with Crippen molar-refractivity contribution in [3.05, 3.63) is 224 Å². The van der Waals surface area contributed by atoms with Gasteiger partial charge in [0, 0.05) is 10.6 Å². The number of hydrogen-bond acceptors (Lipinski definition) is 5. The topological polar surface area (TPSA) is 62.1 Å². The van der Waals surface area contributed by atoms with Crippen LogP contribution in [0.4, 0.5) is 0 Å². The molecule has 0 bridgehead atoms. The van der Waals surface area contributed by atoms with Crippen molar-refractivity contribution < 1.29 is 9.47 Å². The van der Waals surface area contributed by atoms with Crippen molar-refractivity contribution >= 4 is 65.5 Å². The molecule has 9 heteroatoms. The molecular weight excluding hydrogens is 794 g/mol. The fourth-order valence-corrected chi connectivity index (χ4v) is 15.7. The van der Waals surface area contributed by atoms with Gasteiger partial charge in [-0.3, -0.25) is 0 Å². The third kappa shape index (κ3) is 8.16. The van der Waals surface area contributed by atoms with Crippen LogP contribution in [0.1, 0.15) is 0 Å². The Kier molecular flexibility index (Phi) is 12.0. The van der Waals surface area contributed by atoms with Crippen LogP contribution in [0, 0.1) is 0 Å². The summed E-state index contributed by atoms with van der Waals surface area (Å²) in [5, 5.41) is 22.9. The number of rotatable bonds is 14. The average Bonchev–Trinajstić information content (AvgIpc) is 3.76. The van der Waals surface area contributed by atoms with Crippen molar-refractivity contribution in [2.75, 3.05) is 6.66 Å². The molecule has 0 spiro atoms. The number of para-hydroxylation sites is 3. The molecule has 0 aliphatic rings. The molecule has 0 saturated heterocycles. The van der Waals surface area contributed by atoms with Crippen LogP contribution in [-0.2, 0) is 6.29 Å². The number of ether oxygens (including phenoxy) is 2. The van der Waals surface area contributed by atoms with Gasteiger partial charge in [-0.15, -0.1) is 0 Å². The van der Waals surface area contributed by atoms with Gasteiger partial charge in [0.2, 0.25) is 0 Å². The first-order chi connectivity index (χ1) is 29.7. The van der Waals surface area contributed by atoms with E-state index in [2.05, 4.69) is 235 Å². The van der Waals surface area contributed by atoms with Crippen molar-refractivity contribution in [1.82, 2.24) is 20.2 Å². The maximum Gasteiger partial charge on any atom is 0.344 e. The second kappa shape index (κ2) is 18.3. The molecular formula is C51H42N4O2P3+. The van der Waals surface area contributed by atoms with Crippen molar-refractivity contribution in [1.29, 1.82) is 0 Å². The molecule has 9 aromatic rings. The number of tetrazole rings is 1. The lowest BCUT2D eigenvalue weighted by atomic mass is 10.3. The van der Waals surface area contributed by atoms with Gasteiger partial charge in [-0.25, -0.2) is 0 Å². The fraction of sp³-hybridized carbons (Fsp3) is 0.0392. The van der Waals surface area contributed by atoms with E-state index in [0.717, 1.165) is 22.1 Å². The smallest absolute Gasteiger partial charge is 0.344 e. The fourth-order valence-electron chi connectivity index (χ4n) is 7.59. The van der Waals surface area contributed by atoms with E-state index in [-0.39, 0.29) is 0 Å². The van der Waals surface area contributed by atoms with Gasteiger partial charge >= 0.3 is 6.01 Å². The number of nitrogens with zero attached hydrogens (tertiary/aromatic N) is 4. The summed E-state index contributed by atoms with van der Waals surface area (Å²) in [6, 6.07) is 78.9. The van der Waals surface area contributed by atoms with E-state index in [1.165, 1.54) is 31.8 Å². The summed E-state index contributed by atoms with van der Waals surface area (Å²) in [6.07, 6.45) is 0.421. The third-order valence-corrected chi connectivity index (χ3v) is 19.3. The van der Waals surface area contributed by atoms with E-state index in [4.69, 9.17) is 9.47 Å². The van der Waals surface area contributed by atoms with Crippen LogP contribution < -0.4 is 51.9 Å². The Morgan fingerprint density at radius 2 is 0.883 bits per heavy atom. The first-order valence-electron chi connectivity index (χ1n) is 19.8. The summed E-state index contributed by atoms with van der Waals surface area (Å²) in [7, 11) is -4.28. The molecule has 1 aromatic heterocycles. The third-order valence-electron chi connectivity index (χ3n) is 10.4. The van der Waals surface area contributed by atoms with Crippen LogP contribution in [0.25, 0.3) is 0 Å². The Morgan fingerprint density at radius 1 is 0.450 bits per heavy atom. The SMILES string of the molecule is CP(c1ccccc1)c1ccccc1Oc1ccccc1[P+](Cn1nnnc1Oc1ccccc1P(c1ccccc1)c1ccccc1)(c1ccccc1)c1ccccc1. The van der Waals surface area contributed by atoms with Crippen LogP contribution in [-0.4, -0.2) is 26.9 Å². The van der Waals surface area contributed by atoms with E-state index in [0.29, 0.717) is 18.0 Å². The molecule has 0 N–H and O–H groups in total. The van der Waals surface area contributed by atoms with E-state index >= 15 is 0 Å². The van der Waals surface area contributed by atoms with Crippen LogP contribution in [0.3, 0.4) is 0 Å². The van der Waals surface area contributed by atoms with E-state index in [9.17, 15) is 0 Å². The maximum atomic E-state index is 7.16. The van der Waals surface area contributed by atoms with Gasteiger partial charge in [-0.05, 0) is 97.4 Å². The summed E-state index contributed by atoms with van der Waals surface area (Å²) < 4.78 is 15.9. The normalized spacial score (nSPS) is 11.9. The van der Waals surface area contributed by atoms with Gasteiger partial charge in [-0.1, -0.05) is 181 Å². The van der Waals surface area contributed by atoms with E-state index < -0.39 is 23.1 Å². The van der Waals surface area contributed by atoms with Crippen molar-refractivity contribution in [2.24, 2.45) is 0 Å². The number of benzene rings is 8. The summed E-state index contributed by atoms with van der Waals surface area (Å²) in [5.74, 6) is 2.35. The molecule has 1 atom stereocenters. The zero-order chi connectivity index (χ0) is 40.6. The van der Waals surface area contributed by atoms with Gasteiger partial charge in [-0.2, -0.15) is 4.68 Å². The zero-order valence-corrected chi connectivity index (χ0v) is 35.7. The van der Waals surface area contributed by atoms with Gasteiger partial charge in [0.05, 0.1) is 0 Å². The van der Waals surface area contributed by atoms with E-state index in [1.807, 2.05) is 16.8 Å². The molecule has 0 aliphatic carbocycles. The quantitative estimate of drug-likeness (QED) is 0.102. The molecule has 9 rings (SSSR count). The molecule has 0 fully saturated rings. The Labute approximate surface area is 354 Å². The molecule has 0 radical (unpaired) electrons. The van der Waals surface area contributed by atoms with Crippen LogP contribution in [0.2, 0.25) is 0 Å². The monoisotopic (exact) mass is 835 g/mol. The molecule has 292 valence electrons. The molecule has 1 unspecified atom stereocenters. The molecule has 0 amide bonds. The summed E-state index contributed by atoms with van der Waals surface area (Å²) in [4.78, 5) is 0. The summed E-state index contributed by atoms with van der Waals surface area (Å²) >= 11 is 0. The highest BCUT2D eigenvalue weighted by molar-refractivity contribution is 7.95. The Bertz CT molecular complexity index is 2700. The minimum atomic E-state index is -2.65. The molecule has 0 saturated carbocycles. The molecule has 1 heterocycles. The predicted molar refractivity (Wildman–Crippen MR) is 253 cm³/mol. The second-order valence-corrected chi connectivity index (χ2v) is 21.8. The predicted octanol–water partition coefficient (Wildman–Crippen LogP) is 9.03. The van der Waals surface area contributed by atoms with Gasteiger partial charge in [0.15, 0.2) is 12.0 Å². The summed E-state index contributed by atoms with van der Waals surface area (Å²) in [6.45, 7) is 2.30. The van der Waals surface area contributed by atoms with Crippen molar-refractivity contribution in [2.45, 2.75) is 6.29 Å². The van der Waals surface area contributed by atoms with E-state index in [1.54, 1.807) is 0 Å². The standard InChI is InChI=1S/C51H42N4O2P3/c1-58(40-23-7-2-8-24-40)48-36-20-17-33-45(48)56-47-35-19-22-38-50(47)60(43-29-13-5-14-30-43,44-31-15-6-16-32-44)39-55-51(52-53-54-55)57-46-34-18-21-37-49(46)59(41-25-9-3-10-26-41)42-27-11-4-12-28-42/h2-38H,39H2,1H3/q+1.